The zero-order chi connectivity index (χ0) is 24.1. The van der Waals surface area contributed by atoms with Crippen molar-refractivity contribution in [3.63, 3.8) is 0 Å². The van der Waals surface area contributed by atoms with Gasteiger partial charge in [-0.25, -0.2) is 4.79 Å². The maximum absolute atomic E-state index is 12.4. The topological polar surface area (TPSA) is 86.7 Å². The Labute approximate surface area is 213 Å². The molecule has 184 valence electrons. The average Bonchev–Trinajstić information content (AvgIpc) is 3.50. The summed E-state index contributed by atoms with van der Waals surface area (Å²) >= 11 is 0. The molecule has 0 saturated carbocycles. The van der Waals surface area contributed by atoms with Crippen LogP contribution in [-0.2, 0) is 13.1 Å². The highest BCUT2D eigenvalue weighted by Crippen LogP contribution is 2.36. The van der Waals surface area contributed by atoms with E-state index in [0.29, 0.717) is 35.6 Å². The smallest absolute Gasteiger partial charge is 0.336 e. The number of fused-ring (bicyclic) bond motifs is 3. The molecule has 0 atom stereocenters. The number of ether oxygens (including phenoxy) is 2. The van der Waals surface area contributed by atoms with E-state index in [0.717, 1.165) is 50.2 Å². The average molecular weight is 505 g/mol. The van der Waals surface area contributed by atoms with Gasteiger partial charge in [0.2, 0.25) is 6.79 Å². The monoisotopic (exact) mass is 504 g/mol. The first-order valence-electron chi connectivity index (χ1n) is 11.5. The van der Waals surface area contributed by atoms with Crippen molar-refractivity contribution in [1.29, 1.82) is 0 Å². The van der Waals surface area contributed by atoms with Crippen molar-refractivity contribution in [2.24, 2.45) is 0 Å². The molecule has 2 aromatic carbocycles. The molecule has 1 N–H and O–H groups in total. The molecule has 0 aliphatic carbocycles. The molecule has 0 saturated heterocycles. The fourth-order valence-electron chi connectivity index (χ4n) is 4.53. The van der Waals surface area contributed by atoms with Crippen LogP contribution >= 0.6 is 12.4 Å². The molecule has 0 unspecified atom stereocenters. The maximum atomic E-state index is 12.4. The summed E-state index contributed by atoms with van der Waals surface area (Å²) in [6.45, 7) is 7.42. The summed E-state index contributed by atoms with van der Waals surface area (Å²) < 4.78 is 22.7. The van der Waals surface area contributed by atoms with Crippen molar-refractivity contribution < 1.29 is 18.3 Å². The highest BCUT2D eigenvalue weighted by Gasteiger charge is 2.18. The molecule has 0 bridgehead atoms. The van der Waals surface area contributed by atoms with Gasteiger partial charge < -0.3 is 23.6 Å². The summed E-state index contributed by atoms with van der Waals surface area (Å²) in [5, 5.41) is 5.29. The molecule has 0 spiro atoms. The van der Waals surface area contributed by atoms with Crippen molar-refractivity contribution in [3.05, 3.63) is 87.0 Å². The number of rotatable bonds is 5. The van der Waals surface area contributed by atoms with E-state index in [4.69, 9.17) is 18.3 Å². The minimum Gasteiger partial charge on any atom is -0.454 e. The van der Waals surface area contributed by atoms with Gasteiger partial charge in [0.1, 0.15) is 11.3 Å². The number of nitrogens with zero attached hydrogens (tertiary/aromatic N) is 1. The Morgan fingerprint density at radius 3 is 2.58 bits per heavy atom. The minimum absolute atomic E-state index is 0. The van der Waals surface area contributed by atoms with E-state index in [-0.39, 0.29) is 19.2 Å². The van der Waals surface area contributed by atoms with E-state index in [1.165, 1.54) is 6.07 Å². The Kier molecular flexibility index (Phi) is 6.20. The van der Waals surface area contributed by atoms with E-state index >= 15 is 0 Å². The van der Waals surface area contributed by atoms with Crippen LogP contribution in [0.2, 0.25) is 0 Å². The number of benzene rings is 2. The number of furan rings is 1. The SMILES string of the molecule is Cc1ccc2c(-c3cc4c(CNCc5ccc6c(c5)OCO6)cnc(C)c4o3)cc(=O)oc2c1C.Cl. The van der Waals surface area contributed by atoms with Gasteiger partial charge in [0.05, 0.1) is 5.69 Å². The van der Waals surface area contributed by atoms with Gasteiger partial charge in [-0.05, 0) is 61.2 Å². The zero-order valence-electron chi connectivity index (χ0n) is 20.1. The molecule has 0 fully saturated rings. The van der Waals surface area contributed by atoms with Crippen LogP contribution in [-0.4, -0.2) is 11.8 Å². The molecular formula is C28H25ClN2O5. The molecule has 6 rings (SSSR count). The molecule has 0 amide bonds. The summed E-state index contributed by atoms with van der Waals surface area (Å²) in [6, 6.07) is 13.4. The van der Waals surface area contributed by atoms with E-state index in [1.54, 1.807) is 0 Å². The van der Waals surface area contributed by atoms with Gasteiger partial charge >= 0.3 is 5.63 Å². The minimum atomic E-state index is -0.401. The van der Waals surface area contributed by atoms with E-state index in [2.05, 4.69) is 10.3 Å². The van der Waals surface area contributed by atoms with Gasteiger partial charge in [-0.1, -0.05) is 18.2 Å². The second-order valence-electron chi connectivity index (χ2n) is 8.88. The van der Waals surface area contributed by atoms with Crippen molar-refractivity contribution in [2.45, 2.75) is 33.9 Å². The number of pyridine rings is 1. The summed E-state index contributed by atoms with van der Waals surface area (Å²) in [5.74, 6) is 2.17. The van der Waals surface area contributed by atoms with Gasteiger partial charge in [-0.2, -0.15) is 0 Å². The second-order valence-corrected chi connectivity index (χ2v) is 8.88. The molecule has 4 heterocycles. The van der Waals surface area contributed by atoms with Crippen LogP contribution in [0.5, 0.6) is 11.5 Å². The first-order chi connectivity index (χ1) is 17.0. The zero-order valence-corrected chi connectivity index (χ0v) is 21.0. The predicted octanol–water partition coefficient (Wildman–Crippen LogP) is 5.97. The molecule has 0 radical (unpaired) electrons. The fraction of sp³-hybridized carbons (Fsp3) is 0.214. The van der Waals surface area contributed by atoms with Crippen LogP contribution in [0.4, 0.5) is 0 Å². The highest BCUT2D eigenvalue weighted by atomic mass is 35.5. The molecular weight excluding hydrogens is 480 g/mol. The summed E-state index contributed by atoms with van der Waals surface area (Å²) in [4.78, 5) is 16.9. The third-order valence-corrected chi connectivity index (χ3v) is 6.60. The standard InChI is InChI=1S/C28H24N2O5.ClH/c1-15-4-6-20-22(10-26(31)35-27(20)16(15)2)24-9-21-19(13-30-17(3)28(21)34-24)12-29-11-18-5-7-23-25(8-18)33-14-32-23;/h4-10,13,29H,11-12,14H2,1-3H3;1H. The lowest BCUT2D eigenvalue weighted by atomic mass is 10.0. The third-order valence-electron chi connectivity index (χ3n) is 6.60. The molecule has 1 aliphatic rings. The summed E-state index contributed by atoms with van der Waals surface area (Å²) in [6.07, 6.45) is 1.87. The maximum Gasteiger partial charge on any atom is 0.336 e. The van der Waals surface area contributed by atoms with Gasteiger partial charge in [-0.3, -0.25) is 4.98 Å². The van der Waals surface area contributed by atoms with Crippen LogP contribution in [0.15, 0.2) is 62.3 Å². The number of hydrogen-bond acceptors (Lipinski definition) is 7. The second kappa shape index (κ2) is 9.33. The van der Waals surface area contributed by atoms with E-state index in [9.17, 15) is 4.79 Å². The molecule has 3 aromatic heterocycles. The van der Waals surface area contributed by atoms with Crippen molar-refractivity contribution >= 4 is 34.3 Å². The van der Waals surface area contributed by atoms with Crippen LogP contribution < -0.4 is 20.4 Å². The Hall–Kier alpha value is -3.81. The third kappa shape index (κ3) is 4.10. The Bertz CT molecular complexity index is 1670. The first-order valence-corrected chi connectivity index (χ1v) is 11.5. The quantitative estimate of drug-likeness (QED) is 0.295. The predicted molar refractivity (Wildman–Crippen MR) is 140 cm³/mol. The van der Waals surface area contributed by atoms with E-state index < -0.39 is 5.63 Å². The van der Waals surface area contributed by atoms with Crippen molar-refractivity contribution in [1.82, 2.24) is 10.3 Å². The molecule has 8 heteroatoms. The molecule has 1 aliphatic heterocycles. The number of halogens is 1. The number of nitrogens with one attached hydrogen (secondary N) is 1. The number of aryl methyl sites for hydroxylation is 3. The first kappa shape index (κ1) is 23.9. The van der Waals surface area contributed by atoms with Crippen LogP contribution in [0, 0.1) is 20.8 Å². The van der Waals surface area contributed by atoms with Gasteiger partial charge in [-0.15, -0.1) is 12.4 Å². The normalized spacial score (nSPS) is 12.3. The lowest BCUT2D eigenvalue weighted by Crippen LogP contribution is -2.13. The molecule has 5 aromatic rings. The Morgan fingerprint density at radius 2 is 1.72 bits per heavy atom. The van der Waals surface area contributed by atoms with Gasteiger partial charge in [0, 0.05) is 41.7 Å². The summed E-state index contributed by atoms with van der Waals surface area (Å²) in [5.41, 5.74) is 6.55. The molecule has 7 nitrogen and oxygen atoms in total. The fourth-order valence-corrected chi connectivity index (χ4v) is 4.53. The van der Waals surface area contributed by atoms with Crippen LogP contribution in [0.3, 0.4) is 0 Å². The van der Waals surface area contributed by atoms with Crippen LogP contribution in [0.25, 0.3) is 33.3 Å². The Morgan fingerprint density at radius 1 is 0.889 bits per heavy atom. The molecule has 36 heavy (non-hydrogen) atoms. The van der Waals surface area contributed by atoms with Crippen molar-refractivity contribution in [3.8, 4) is 22.8 Å². The van der Waals surface area contributed by atoms with E-state index in [1.807, 2.05) is 63.4 Å². The highest BCUT2D eigenvalue weighted by molar-refractivity contribution is 5.97. The van der Waals surface area contributed by atoms with Gasteiger partial charge in [0.25, 0.3) is 0 Å². The largest absolute Gasteiger partial charge is 0.454 e. The number of aromatic nitrogens is 1. The number of hydrogen-bond donors (Lipinski definition) is 1. The van der Waals surface area contributed by atoms with Gasteiger partial charge in [0.15, 0.2) is 17.1 Å². The van der Waals surface area contributed by atoms with Crippen LogP contribution in [0.1, 0.15) is 27.9 Å². The lowest BCUT2D eigenvalue weighted by molar-refractivity contribution is 0.174. The summed E-state index contributed by atoms with van der Waals surface area (Å²) in [7, 11) is 0. The lowest BCUT2D eigenvalue weighted by Gasteiger charge is -2.07. The Balaban J connectivity index is 0.00000267. The van der Waals surface area contributed by atoms with Crippen molar-refractivity contribution in [2.75, 3.05) is 6.79 Å².